The highest BCUT2D eigenvalue weighted by molar-refractivity contribution is 5.20. The Kier molecular flexibility index (Phi) is 5.02. The maximum absolute atomic E-state index is 5.80. The van der Waals surface area contributed by atoms with Gasteiger partial charge in [-0.25, -0.2) is 0 Å². The van der Waals surface area contributed by atoms with Gasteiger partial charge < -0.3 is 14.9 Å². The summed E-state index contributed by atoms with van der Waals surface area (Å²) < 4.78 is 11.0. The van der Waals surface area contributed by atoms with E-state index in [0.29, 0.717) is 12.6 Å². The molecular weight excluding hydrogens is 240 g/mol. The fourth-order valence-corrected chi connectivity index (χ4v) is 2.58. The van der Waals surface area contributed by atoms with Gasteiger partial charge in [-0.2, -0.15) is 0 Å². The number of hydrogen-bond donors (Lipinski definition) is 1. The van der Waals surface area contributed by atoms with Gasteiger partial charge in [-0.05, 0) is 38.7 Å². The zero-order valence-corrected chi connectivity index (χ0v) is 12.3. The highest BCUT2D eigenvalue weighted by Crippen LogP contribution is 2.35. The van der Waals surface area contributed by atoms with Gasteiger partial charge in [-0.15, -0.1) is 0 Å². The van der Waals surface area contributed by atoms with E-state index >= 15 is 0 Å². The third-order valence-electron chi connectivity index (χ3n) is 4.11. The van der Waals surface area contributed by atoms with Crippen LogP contribution < -0.4 is 5.73 Å². The summed E-state index contributed by atoms with van der Waals surface area (Å²) in [6, 6.07) is 2.69. The largest absolute Gasteiger partial charge is 0.465 e. The van der Waals surface area contributed by atoms with Gasteiger partial charge >= 0.3 is 0 Å². The molecule has 0 saturated heterocycles. The molecule has 2 rings (SSSR count). The maximum atomic E-state index is 5.80. The minimum atomic E-state index is 0.547. The summed E-state index contributed by atoms with van der Waals surface area (Å²) in [6.07, 6.45) is 2.71. The second-order valence-electron chi connectivity index (χ2n) is 5.54. The van der Waals surface area contributed by atoms with Crippen molar-refractivity contribution >= 4 is 0 Å². The molecular formula is C15H26N2O2. The second-order valence-corrected chi connectivity index (χ2v) is 5.54. The topological polar surface area (TPSA) is 51.6 Å². The molecule has 4 heteroatoms. The first-order valence-electron chi connectivity index (χ1n) is 7.17. The van der Waals surface area contributed by atoms with E-state index in [9.17, 15) is 0 Å². The van der Waals surface area contributed by atoms with E-state index in [1.54, 1.807) is 7.11 Å². The molecule has 1 saturated carbocycles. The molecule has 1 aliphatic rings. The van der Waals surface area contributed by atoms with Gasteiger partial charge in [-0.3, -0.25) is 4.90 Å². The Balaban J connectivity index is 2.00. The van der Waals surface area contributed by atoms with Crippen LogP contribution in [0.1, 0.15) is 36.8 Å². The minimum Gasteiger partial charge on any atom is -0.465 e. The van der Waals surface area contributed by atoms with E-state index in [1.807, 2.05) is 6.92 Å². The van der Waals surface area contributed by atoms with Crippen LogP contribution in [0.15, 0.2) is 10.5 Å². The van der Waals surface area contributed by atoms with Gasteiger partial charge in [0.2, 0.25) is 0 Å². The molecule has 4 nitrogen and oxygen atoms in total. The first-order valence-corrected chi connectivity index (χ1v) is 7.17. The lowest BCUT2D eigenvalue weighted by molar-refractivity contribution is 0.105. The summed E-state index contributed by atoms with van der Waals surface area (Å²) in [7, 11) is 1.75. The Hall–Kier alpha value is -0.840. The van der Waals surface area contributed by atoms with Crippen LogP contribution in [0.25, 0.3) is 0 Å². The fraction of sp³-hybridized carbons (Fsp3) is 0.733. The molecule has 1 atom stereocenters. The smallest absolute Gasteiger partial charge is 0.118 e. The minimum absolute atomic E-state index is 0.547. The maximum Gasteiger partial charge on any atom is 0.118 e. The molecule has 1 fully saturated rings. The van der Waals surface area contributed by atoms with Crippen LogP contribution in [0.2, 0.25) is 0 Å². The van der Waals surface area contributed by atoms with Crippen molar-refractivity contribution in [3.63, 3.8) is 0 Å². The highest BCUT2D eigenvalue weighted by Gasteiger charge is 2.32. The van der Waals surface area contributed by atoms with E-state index in [1.165, 1.54) is 12.8 Å². The Labute approximate surface area is 115 Å². The summed E-state index contributed by atoms with van der Waals surface area (Å²) in [6.45, 7) is 7.41. The predicted molar refractivity (Wildman–Crippen MR) is 75.8 cm³/mol. The van der Waals surface area contributed by atoms with Gasteiger partial charge in [0.1, 0.15) is 11.5 Å². The van der Waals surface area contributed by atoms with Crippen molar-refractivity contribution in [2.75, 3.05) is 20.3 Å². The van der Waals surface area contributed by atoms with E-state index in [0.717, 1.165) is 42.7 Å². The van der Waals surface area contributed by atoms with E-state index in [4.69, 9.17) is 14.9 Å². The zero-order valence-electron chi connectivity index (χ0n) is 12.3. The lowest BCUT2D eigenvalue weighted by Crippen LogP contribution is -2.36. The molecule has 1 heterocycles. The number of nitrogens with zero attached hydrogens (tertiary/aromatic N) is 1. The fourth-order valence-electron chi connectivity index (χ4n) is 2.58. The number of hydrogen-bond acceptors (Lipinski definition) is 4. The van der Waals surface area contributed by atoms with Gasteiger partial charge in [0.05, 0.1) is 13.2 Å². The number of furan rings is 1. The Morgan fingerprint density at radius 3 is 2.79 bits per heavy atom. The van der Waals surface area contributed by atoms with Crippen molar-refractivity contribution in [3.05, 3.63) is 23.2 Å². The lowest BCUT2D eigenvalue weighted by atomic mass is 10.1. The normalized spacial score (nSPS) is 17.1. The average Bonchev–Trinajstić information content (AvgIpc) is 3.18. The quantitative estimate of drug-likeness (QED) is 0.784. The molecule has 19 heavy (non-hydrogen) atoms. The van der Waals surface area contributed by atoms with Crippen LogP contribution >= 0.6 is 0 Å². The molecule has 1 aromatic rings. The highest BCUT2D eigenvalue weighted by atomic mass is 16.5. The lowest BCUT2D eigenvalue weighted by Gasteiger charge is -2.28. The van der Waals surface area contributed by atoms with Gasteiger partial charge in [-0.1, -0.05) is 0 Å². The molecule has 0 amide bonds. The second kappa shape index (κ2) is 6.55. The van der Waals surface area contributed by atoms with Crippen molar-refractivity contribution in [1.82, 2.24) is 4.90 Å². The number of nitrogens with two attached hydrogens (primary N) is 1. The van der Waals surface area contributed by atoms with Crippen LogP contribution in [0.4, 0.5) is 0 Å². The number of aryl methyl sites for hydroxylation is 1. The summed E-state index contributed by atoms with van der Waals surface area (Å²) in [4.78, 5) is 2.46. The van der Waals surface area contributed by atoms with Crippen molar-refractivity contribution in [2.24, 2.45) is 11.7 Å². The Morgan fingerprint density at radius 1 is 1.53 bits per heavy atom. The molecule has 0 aromatic carbocycles. The van der Waals surface area contributed by atoms with Crippen LogP contribution in [-0.4, -0.2) is 31.2 Å². The molecule has 2 N–H and O–H groups in total. The van der Waals surface area contributed by atoms with Crippen LogP contribution in [0.5, 0.6) is 0 Å². The van der Waals surface area contributed by atoms with Crippen LogP contribution in [-0.2, 0) is 17.8 Å². The Morgan fingerprint density at radius 2 is 2.26 bits per heavy atom. The van der Waals surface area contributed by atoms with Gasteiger partial charge in [0.15, 0.2) is 0 Å². The molecule has 1 aromatic heterocycles. The summed E-state index contributed by atoms with van der Waals surface area (Å²) in [5.74, 6) is 2.81. The number of rotatable bonds is 8. The molecule has 0 bridgehead atoms. The molecule has 108 valence electrons. The third kappa shape index (κ3) is 3.81. The number of methoxy groups -OCH3 is 1. The molecule has 1 unspecified atom stereocenters. The standard InChI is InChI=1S/C15H26N2O2/c1-11(13-4-5-13)17(6-7-18-3)10-15-8-14(9-16)12(2)19-15/h8,11,13H,4-7,9-10,16H2,1-3H3. The summed E-state index contributed by atoms with van der Waals surface area (Å²) in [5, 5.41) is 0. The van der Waals surface area contributed by atoms with E-state index < -0.39 is 0 Å². The molecule has 1 aliphatic carbocycles. The zero-order chi connectivity index (χ0) is 13.8. The van der Waals surface area contributed by atoms with Crippen molar-refractivity contribution < 1.29 is 9.15 Å². The first-order chi connectivity index (χ1) is 9.15. The van der Waals surface area contributed by atoms with Crippen LogP contribution in [0, 0.1) is 12.8 Å². The van der Waals surface area contributed by atoms with Crippen molar-refractivity contribution in [3.8, 4) is 0 Å². The van der Waals surface area contributed by atoms with Crippen molar-refractivity contribution in [1.29, 1.82) is 0 Å². The molecule has 0 radical (unpaired) electrons. The Bertz CT molecular complexity index is 399. The summed E-state index contributed by atoms with van der Waals surface area (Å²) in [5.41, 5.74) is 6.81. The SMILES string of the molecule is COCCN(Cc1cc(CN)c(C)o1)C(C)C1CC1. The van der Waals surface area contributed by atoms with Crippen molar-refractivity contribution in [2.45, 2.75) is 45.8 Å². The first kappa shape index (κ1) is 14.6. The van der Waals surface area contributed by atoms with Gasteiger partial charge in [0, 0.05) is 31.8 Å². The monoisotopic (exact) mass is 266 g/mol. The van der Waals surface area contributed by atoms with Gasteiger partial charge in [0.25, 0.3) is 0 Å². The molecule has 0 spiro atoms. The third-order valence-corrected chi connectivity index (χ3v) is 4.11. The van der Waals surface area contributed by atoms with E-state index in [-0.39, 0.29) is 0 Å². The predicted octanol–water partition coefficient (Wildman–Crippen LogP) is 2.29. The molecule has 0 aliphatic heterocycles. The van der Waals surface area contributed by atoms with Crippen LogP contribution in [0.3, 0.4) is 0 Å². The average molecular weight is 266 g/mol. The number of ether oxygens (including phenoxy) is 1. The van der Waals surface area contributed by atoms with E-state index in [2.05, 4.69) is 17.9 Å². The summed E-state index contributed by atoms with van der Waals surface area (Å²) >= 11 is 0.